The molecule has 1 aromatic carbocycles. The Morgan fingerprint density at radius 3 is 2.92 bits per heavy atom. The molecule has 0 radical (unpaired) electrons. The number of ether oxygens (including phenoxy) is 2. The first-order chi connectivity index (χ1) is 12.1. The van der Waals surface area contributed by atoms with Crippen molar-refractivity contribution in [3.05, 3.63) is 64.5 Å². The highest BCUT2D eigenvalue weighted by molar-refractivity contribution is 9.10. The summed E-state index contributed by atoms with van der Waals surface area (Å²) in [4.78, 5) is 16.6. The Hall–Kier alpha value is -2.45. The Morgan fingerprint density at radius 1 is 1.36 bits per heavy atom. The zero-order valence-corrected chi connectivity index (χ0v) is 15.4. The third-order valence-corrected chi connectivity index (χ3v) is 4.22. The molecule has 0 bridgehead atoms. The summed E-state index contributed by atoms with van der Waals surface area (Å²) < 4.78 is 13.4. The van der Waals surface area contributed by atoms with Gasteiger partial charge in [-0.3, -0.25) is 5.32 Å². The molecule has 3 aromatic rings. The van der Waals surface area contributed by atoms with Crippen molar-refractivity contribution < 1.29 is 14.3 Å². The average molecular weight is 405 g/mol. The Labute approximate surface area is 153 Å². The molecule has 0 spiro atoms. The predicted octanol–water partition coefficient (Wildman–Crippen LogP) is 3.09. The van der Waals surface area contributed by atoms with Gasteiger partial charge >= 0.3 is 6.09 Å². The molecule has 7 nitrogen and oxygen atoms in total. The lowest BCUT2D eigenvalue weighted by Gasteiger charge is -2.32. The monoisotopic (exact) mass is 404 g/mol. The lowest BCUT2D eigenvalue weighted by molar-refractivity contribution is -0.0129. The summed E-state index contributed by atoms with van der Waals surface area (Å²) in [6, 6.07) is 11.1. The normalized spacial score (nSPS) is 13.4. The molecule has 0 aliphatic rings. The molecule has 0 aliphatic carbocycles. The molecule has 0 saturated carbocycles. The van der Waals surface area contributed by atoms with Crippen LogP contribution in [0.2, 0.25) is 0 Å². The van der Waals surface area contributed by atoms with Crippen LogP contribution in [0.25, 0.3) is 5.65 Å². The van der Waals surface area contributed by atoms with Crippen molar-refractivity contribution in [2.45, 2.75) is 12.6 Å². The fraction of sp³-hybridized carbons (Fsp3) is 0.235. The lowest BCUT2D eigenvalue weighted by atomic mass is 9.99. The SMILES string of the molecule is CCOC(=O)NC(OC)(c1cccc(Br)c1)c1cnc2cccnn12. The molecule has 1 atom stereocenters. The van der Waals surface area contributed by atoms with Crippen molar-refractivity contribution in [3.8, 4) is 0 Å². The number of amides is 1. The highest BCUT2D eigenvalue weighted by Gasteiger charge is 2.40. The van der Waals surface area contributed by atoms with Gasteiger partial charge in [0.05, 0.1) is 12.8 Å². The van der Waals surface area contributed by atoms with E-state index in [1.54, 1.807) is 29.9 Å². The van der Waals surface area contributed by atoms with Gasteiger partial charge in [-0.05, 0) is 31.2 Å². The summed E-state index contributed by atoms with van der Waals surface area (Å²) in [5, 5.41) is 7.14. The zero-order valence-electron chi connectivity index (χ0n) is 13.8. The number of methoxy groups -OCH3 is 1. The molecule has 25 heavy (non-hydrogen) atoms. The number of nitrogens with zero attached hydrogens (tertiary/aromatic N) is 3. The number of fused-ring (bicyclic) bond motifs is 1. The second kappa shape index (κ2) is 7.20. The van der Waals surface area contributed by atoms with Crippen LogP contribution < -0.4 is 5.32 Å². The van der Waals surface area contributed by atoms with E-state index >= 15 is 0 Å². The number of halogens is 1. The maximum atomic E-state index is 12.2. The number of hydrogen-bond donors (Lipinski definition) is 1. The van der Waals surface area contributed by atoms with Crippen LogP contribution in [0.1, 0.15) is 18.2 Å². The molecule has 8 heteroatoms. The van der Waals surface area contributed by atoms with Crippen LogP contribution >= 0.6 is 15.9 Å². The molecule has 1 unspecified atom stereocenters. The molecule has 130 valence electrons. The number of rotatable bonds is 5. The summed E-state index contributed by atoms with van der Waals surface area (Å²) >= 11 is 3.46. The number of aromatic nitrogens is 3. The first kappa shape index (κ1) is 17.4. The lowest BCUT2D eigenvalue weighted by Crippen LogP contribution is -2.49. The maximum Gasteiger partial charge on any atom is 0.409 e. The predicted molar refractivity (Wildman–Crippen MR) is 95.1 cm³/mol. The third-order valence-electron chi connectivity index (χ3n) is 3.73. The molecule has 0 aliphatic heterocycles. The molecular weight excluding hydrogens is 388 g/mol. The van der Waals surface area contributed by atoms with Gasteiger partial charge in [0.2, 0.25) is 5.72 Å². The topological polar surface area (TPSA) is 77.8 Å². The second-order valence-corrected chi connectivity index (χ2v) is 6.09. The van der Waals surface area contributed by atoms with Crippen molar-refractivity contribution in [3.63, 3.8) is 0 Å². The van der Waals surface area contributed by atoms with Crippen LogP contribution in [0.15, 0.2) is 53.3 Å². The molecule has 2 heterocycles. The van der Waals surface area contributed by atoms with E-state index in [0.29, 0.717) is 16.9 Å². The molecule has 0 fully saturated rings. The van der Waals surface area contributed by atoms with E-state index in [1.807, 2.05) is 30.3 Å². The summed E-state index contributed by atoms with van der Waals surface area (Å²) in [6.45, 7) is 1.98. The maximum absolute atomic E-state index is 12.2. The van der Waals surface area contributed by atoms with Gasteiger partial charge in [-0.1, -0.05) is 28.1 Å². The van der Waals surface area contributed by atoms with Gasteiger partial charge in [-0.15, -0.1) is 0 Å². The number of carbonyl (C=O) groups is 1. The quantitative estimate of drug-likeness (QED) is 0.661. The summed E-state index contributed by atoms with van der Waals surface area (Å²) in [6.07, 6.45) is 2.67. The van der Waals surface area contributed by atoms with E-state index in [4.69, 9.17) is 9.47 Å². The Kier molecular flexibility index (Phi) is 5.00. The van der Waals surface area contributed by atoms with Gasteiger partial charge in [0, 0.05) is 23.3 Å². The third kappa shape index (κ3) is 3.22. The van der Waals surface area contributed by atoms with Crippen LogP contribution in [0.3, 0.4) is 0 Å². The van der Waals surface area contributed by atoms with E-state index in [0.717, 1.165) is 4.47 Å². The minimum Gasteiger partial charge on any atom is -0.450 e. The Bertz CT molecular complexity index is 898. The van der Waals surface area contributed by atoms with Crippen molar-refractivity contribution in [1.82, 2.24) is 19.9 Å². The molecule has 0 saturated heterocycles. The van der Waals surface area contributed by atoms with E-state index in [9.17, 15) is 4.79 Å². The standard InChI is InChI=1S/C17H17BrN4O3/c1-3-25-16(23)21-17(24-2,12-6-4-7-13(18)10-12)14-11-19-15-8-5-9-20-22(14)15/h4-11H,3H2,1-2H3,(H,21,23). The fourth-order valence-corrected chi connectivity index (χ4v) is 3.04. The molecule has 1 N–H and O–H groups in total. The zero-order chi connectivity index (χ0) is 17.9. The number of hydrogen-bond acceptors (Lipinski definition) is 5. The van der Waals surface area contributed by atoms with Crippen molar-refractivity contribution in [2.24, 2.45) is 0 Å². The van der Waals surface area contributed by atoms with Crippen LogP contribution in [0.5, 0.6) is 0 Å². The highest BCUT2D eigenvalue weighted by atomic mass is 79.9. The van der Waals surface area contributed by atoms with E-state index in [1.165, 1.54) is 7.11 Å². The van der Waals surface area contributed by atoms with E-state index in [2.05, 4.69) is 31.3 Å². The summed E-state index contributed by atoms with van der Waals surface area (Å²) in [5.41, 5.74) is 0.574. The van der Waals surface area contributed by atoms with Crippen molar-refractivity contribution in [2.75, 3.05) is 13.7 Å². The molecular formula is C17H17BrN4O3. The number of benzene rings is 1. The first-order valence-corrected chi connectivity index (χ1v) is 8.45. The number of alkyl carbamates (subject to hydrolysis) is 1. The van der Waals surface area contributed by atoms with Gasteiger partial charge in [0.15, 0.2) is 5.65 Å². The van der Waals surface area contributed by atoms with Crippen molar-refractivity contribution >= 4 is 27.7 Å². The minimum atomic E-state index is -1.32. The summed E-state index contributed by atoms with van der Waals surface area (Å²) in [7, 11) is 1.51. The van der Waals surface area contributed by atoms with E-state index < -0.39 is 11.8 Å². The second-order valence-electron chi connectivity index (χ2n) is 5.18. The summed E-state index contributed by atoms with van der Waals surface area (Å²) in [5.74, 6) is 0. The van der Waals surface area contributed by atoms with Crippen LogP contribution in [0, 0.1) is 0 Å². The molecule has 1 amide bonds. The van der Waals surface area contributed by atoms with Gasteiger partial charge < -0.3 is 9.47 Å². The largest absolute Gasteiger partial charge is 0.450 e. The number of imidazole rings is 1. The number of nitrogens with one attached hydrogen (secondary N) is 1. The van der Waals surface area contributed by atoms with Crippen LogP contribution in [0.4, 0.5) is 4.79 Å². The van der Waals surface area contributed by atoms with Crippen LogP contribution in [-0.2, 0) is 15.2 Å². The van der Waals surface area contributed by atoms with Crippen molar-refractivity contribution in [1.29, 1.82) is 0 Å². The number of carbonyl (C=O) groups excluding carboxylic acids is 1. The Balaban J connectivity index is 2.22. The smallest absolute Gasteiger partial charge is 0.409 e. The average Bonchev–Trinajstić information content (AvgIpc) is 3.04. The minimum absolute atomic E-state index is 0.246. The fourth-order valence-electron chi connectivity index (χ4n) is 2.65. The first-order valence-electron chi connectivity index (χ1n) is 7.66. The van der Waals surface area contributed by atoms with Gasteiger partial charge in [-0.25, -0.2) is 14.3 Å². The van der Waals surface area contributed by atoms with Gasteiger partial charge in [0.25, 0.3) is 0 Å². The Morgan fingerprint density at radius 2 is 2.20 bits per heavy atom. The van der Waals surface area contributed by atoms with Gasteiger partial charge in [-0.2, -0.15) is 5.10 Å². The van der Waals surface area contributed by atoms with Crippen LogP contribution in [-0.4, -0.2) is 34.4 Å². The van der Waals surface area contributed by atoms with Gasteiger partial charge in [0.1, 0.15) is 5.69 Å². The van der Waals surface area contributed by atoms with E-state index in [-0.39, 0.29) is 6.61 Å². The molecule has 3 rings (SSSR count). The highest BCUT2D eigenvalue weighted by Crippen LogP contribution is 2.32. The molecule has 2 aromatic heterocycles.